The number of carbonyl (C=O) groups is 1. The standard InChI is InChI=1S/C11H14BrNO5S/c12-10-9(1-5-18-10)11(15)13(3-4-14)8-2-6-19(16,17)7-8/h1,5,8,14H,2-4,6-7H2. The lowest BCUT2D eigenvalue weighted by atomic mass is 10.2. The Morgan fingerprint density at radius 2 is 2.32 bits per heavy atom. The van der Waals surface area contributed by atoms with Crippen LogP contribution in [0.5, 0.6) is 0 Å². The molecule has 0 saturated carbocycles. The first kappa shape index (κ1) is 14.5. The van der Waals surface area contributed by atoms with Crippen molar-refractivity contribution in [2.24, 2.45) is 0 Å². The minimum Gasteiger partial charge on any atom is -0.457 e. The van der Waals surface area contributed by atoms with Gasteiger partial charge in [-0.3, -0.25) is 4.79 Å². The first-order valence-electron chi connectivity index (χ1n) is 5.80. The molecule has 8 heteroatoms. The summed E-state index contributed by atoms with van der Waals surface area (Å²) in [5.74, 6) is -0.301. The predicted octanol–water partition coefficient (Wildman–Crippen LogP) is 0.664. The summed E-state index contributed by atoms with van der Waals surface area (Å²) < 4.78 is 28.3. The van der Waals surface area contributed by atoms with Crippen LogP contribution in [-0.4, -0.2) is 55.0 Å². The molecule has 1 aromatic rings. The lowest BCUT2D eigenvalue weighted by Gasteiger charge is -2.27. The second-order valence-corrected chi connectivity index (χ2v) is 7.34. The van der Waals surface area contributed by atoms with E-state index < -0.39 is 9.84 Å². The molecule has 1 fully saturated rings. The molecule has 1 aromatic heterocycles. The van der Waals surface area contributed by atoms with E-state index in [1.54, 1.807) is 0 Å². The Balaban J connectivity index is 2.21. The molecule has 1 saturated heterocycles. The van der Waals surface area contributed by atoms with E-state index in [4.69, 9.17) is 9.52 Å². The molecule has 1 aliphatic heterocycles. The molecule has 1 N–H and O–H groups in total. The summed E-state index contributed by atoms with van der Waals surface area (Å²) in [7, 11) is -3.08. The highest BCUT2D eigenvalue weighted by atomic mass is 79.9. The SMILES string of the molecule is O=C(c1ccoc1Br)N(CCO)C1CCS(=O)(=O)C1. The molecular formula is C11H14BrNO5S. The third-order valence-corrected chi connectivity index (χ3v) is 5.46. The Hall–Kier alpha value is -0.860. The smallest absolute Gasteiger partial charge is 0.258 e. The monoisotopic (exact) mass is 351 g/mol. The molecule has 1 atom stereocenters. The van der Waals surface area contributed by atoms with Gasteiger partial charge in [-0.15, -0.1) is 0 Å². The van der Waals surface area contributed by atoms with Crippen molar-refractivity contribution in [3.8, 4) is 0 Å². The number of carbonyl (C=O) groups excluding carboxylic acids is 1. The van der Waals surface area contributed by atoms with Crippen molar-refractivity contribution < 1.29 is 22.7 Å². The molecular weight excluding hydrogens is 338 g/mol. The van der Waals surface area contributed by atoms with Gasteiger partial charge >= 0.3 is 0 Å². The highest BCUT2D eigenvalue weighted by molar-refractivity contribution is 9.10. The van der Waals surface area contributed by atoms with Gasteiger partial charge in [0.15, 0.2) is 14.5 Å². The van der Waals surface area contributed by atoms with Crippen molar-refractivity contribution in [3.63, 3.8) is 0 Å². The Bertz CT molecular complexity index is 567. The number of aliphatic hydroxyl groups excluding tert-OH is 1. The molecule has 2 rings (SSSR count). The van der Waals surface area contributed by atoms with Crippen LogP contribution in [0.2, 0.25) is 0 Å². The van der Waals surface area contributed by atoms with Gasteiger partial charge in [-0.25, -0.2) is 8.42 Å². The average Bonchev–Trinajstić information content (AvgIpc) is 2.91. The minimum atomic E-state index is -3.08. The van der Waals surface area contributed by atoms with Crippen LogP contribution in [0.3, 0.4) is 0 Å². The Morgan fingerprint density at radius 3 is 2.79 bits per heavy atom. The van der Waals surface area contributed by atoms with Crippen LogP contribution in [-0.2, 0) is 9.84 Å². The highest BCUT2D eigenvalue weighted by Gasteiger charge is 2.35. The second-order valence-electron chi connectivity index (χ2n) is 4.39. The van der Waals surface area contributed by atoms with Gasteiger partial charge < -0.3 is 14.4 Å². The molecule has 1 unspecified atom stereocenters. The second kappa shape index (κ2) is 5.64. The summed E-state index contributed by atoms with van der Waals surface area (Å²) >= 11 is 3.12. The van der Waals surface area contributed by atoms with Crippen LogP contribution in [0.15, 0.2) is 21.4 Å². The number of rotatable bonds is 4. The molecule has 1 aliphatic rings. The quantitative estimate of drug-likeness (QED) is 0.860. The summed E-state index contributed by atoms with van der Waals surface area (Å²) in [4.78, 5) is 13.7. The van der Waals surface area contributed by atoms with Crippen molar-refractivity contribution in [1.29, 1.82) is 0 Å². The van der Waals surface area contributed by atoms with Gasteiger partial charge in [-0.1, -0.05) is 0 Å². The summed E-state index contributed by atoms with van der Waals surface area (Å²) in [5, 5.41) is 9.06. The number of amides is 1. The van der Waals surface area contributed by atoms with E-state index in [1.165, 1.54) is 17.2 Å². The minimum absolute atomic E-state index is 0.0474. The van der Waals surface area contributed by atoms with E-state index in [2.05, 4.69) is 15.9 Å². The van der Waals surface area contributed by atoms with Crippen molar-refractivity contribution in [2.45, 2.75) is 12.5 Å². The predicted molar refractivity (Wildman–Crippen MR) is 71.6 cm³/mol. The van der Waals surface area contributed by atoms with E-state index in [9.17, 15) is 13.2 Å². The molecule has 0 bridgehead atoms. The van der Waals surface area contributed by atoms with E-state index in [0.717, 1.165) is 0 Å². The molecule has 2 heterocycles. The zero-order chi connectivity index (χ0) is 14.0. The van der Waals surface area contributed by atoms with Gasteiger partial charge in [0.05, 0.1) is 29.9 Å². The maximum Gasteiger partial charge on any atom is 0.258 e. The molecule has 19 heavy (non-hydrogen) atoms. The van der Waals surface area contributed by atoms with E-state index >= 15 is 0 Å². The maximum atomic E-state index is 12.3. The number of furan rings is 1. The van der Waals surface area contributed by atoms with Crippen LogP contribution in [0.4, 0.5) is 0 Å². The fraction of sp³-hybridized carbons (Fsp3) is 0.545. The van der Waals surface area contributed by atoms with Gasteiger partial charge in [0.2, 0.25) is 0 Å². The number of hydrogen-bond donors (Lipinski definition) is 1. The largest absolute Gasteiger partial charge is 0.457 e. The average molecular weight is 352 g/mol. The molecule has 0 spiro atoms. The molecule has 0 aliphatic carbocycles. The highest BCUT2D eigenvalue weighted by Crippen LogP contribution is 2.24. The van der Waals surface area contributed by atoms with Crippen molar-refractivity contribution in [3.05, 3.63) is 22.6 Å². The lowest BCUT2D eigenvalue weighted by Crippen LogP contribution is -2.42. The van der Waals surface area contributed by atoms with Crippen LogP contribution < -0.4 is 0 Å². The fourth-order valence-corrected chi connectivity index (χ4v) is 4.32. The number of halogens is 1. The number of hydrogen-bond acceptors (Lipinski definition) is 5. The fourth-order valence-electron chi connectivity index (χ4n) is 2.18. The van der Waals surface area contributed by atoms with Crippen LogP contribution in [0.25, 0.3) is 0 Å². The van der Waals surface area contributed by atoms with Crippen molar-refractivity contribution >= 4 is 31.7 Å². The van der Waals surface area contributed by atoms with Crippen LogP contribution >= 0.6 is 15.9 Å². The zero-order valence-electron chi connectivity index (χ0n) is 10.1. The Morgan fingerprint density at radius 1 is 1.58 bits per heavy atom. The first-order valence-corrected chi connectivity index (χ1v) is 8.41. The van der Waals surface area contributed by atoms with Gasteiger partial charge in [0.25, 0.3) is 5.91 Å². The third-order valence-electron chi connectivity index (χ3n) is 3.10. The number of sulfone groups is 1. The molecule has 6 nitrogen and oxygen atoms in total. The lowest BCUT2D eigenvalue weighted by molar-refractivity contribution is 0.0653. The maximum absolute atomic E-state index is 12.3. The molecule has 0 radical (unpaired) electrons. The van der Waals surface area contributed by atoms with Crippen LogP contribution in [0.1, 0.15) is 16.8 Å². The summed E-state index contributed by atoms with van der Waals surface area (Å²) in [6, 6.07) is 1.13. The summed E-state index contributed by atoms with van der Waals surface area (Å²) in [6.07, 6.45) is 1.78. The first-order chi connectivity index (χ1) is 8.94. The molecule has 106 valence electrons. The van der Waals surface area contributed by atoms with E-state index in [0.29, 0.717) is 16.7 Å². The molecule has 0 aromatic carbocycles. The van der Waals surface area contributed by atoms with E-state index in [1.807, 2.05) is 0 Å². The number of aliphatic hydroxyl groups is 1. The topological polar surface area (TPSA) is 87.8 Å². The van der Waals surface area contributed by atoms with Gasteiger partial charge in [0, 0.05) is 12.6 Å². The number of nitrogens with zero attached hydrogens (tertiary/aromatic N) is 1. The van der Waals surface area contributed by atoms with Gasteiger partial charge in [-0.2, -0.15) is 0 Å². The van der Waals surface area contributed by atoms with Gasteiger partial charge in [-0.05, 0) is 28.4 Å². The molecule has 1 amide bonds. The summed E-state index contributed by atoms with van der Waals surface area (Å²) in [6.45, 7) is -0.103. The zero-order valence-corrected chi connectivity index (χ0v) is 12.5. The Labute approximate surface area is 119 Å². The van der Waals surface area contributed by atoms with Gasteiger partial charge in [0.1, 0.15) is 0 Å². The van der Waals surface area contributed by atoms with Crippen molar-refractivity contribution in [2.75, 3.05) is 24.7 Å². The van der Waals surface area contributed by atoms with E-state index in [-0.39, 0.29) is 36.6 Å². The van der Waals surface area contributed by atoms with Crippen molar-refractivity contribution in [1.82, 2.24) is 4.90 Å². The normalized spacial score (nSPS) is 21.5. The Kier molecular flexibility index (Phi) is 4.32. The summed E-state index contributed by atoms with van der Waals surface area (Å²) in [5.41, 5.74) is 0.331. The third kappa shape index (κ3) is 3.18. The van der Waals surface area contributed by atoms with Crippen LogP contribution in [0, 0.1) is 0 Å².